The molecule has 1 aromatic carbocycles. The van der Waals surface area contributed by atoms with E-state index in [4.69, 9.17) is 0 Å². The molecule has 1 aliphatic rings. The Balaban J connectivity index is 1.46. The first-order chi connectivity index (χ1) is 18.4. The minimum absolute atomic E-state index is 0.0708. The third-order valence-electron chi connectivity index (χ3n) is 6.54. The van der Waals surface area contributed by atoms with E-state index in [2.05, 4.69) is 29.9 Å². The molecule has 4 aromatic rings. The number of anilines is 2. The molecule has 1 unspecified atom stereocenters. The molecule has 0 radical (unpaired) electrons. The summed E-state index contributed by atoms with van der Waals surface area (Å²) in [5.74, 6) is -2.10. The number of carbonyl (C=O) groups is 1. The standard InChI is InChI=1S/C26H27F2N7O2S/c1-3-34(2)38(37)33-21-6-5-20(27)23(24(21)28)25(36)19-15-32-26-18(19)12-17(14-31-26)16-4-7-22(30-13-16)35-10-8-29-9-11-35/h4-7,12-15,29,33H,3,8-11H2,1-2H3,(H,31,32). The van der Waals surface area contributed by atoms with Crippen molar-refractivity contribution in [3.63, 3.8) is 0 Å². The van der Waals surface area contributed by atoms with Crippen LogP contribution in [0, 0.1) is 11.6 Å². The van der Waals surface area contributed by atoms with E-state index >= 15 is 4.39 Å². The summed E-state index contributed by atoms with van der Waals surface area (Å²) in [5.41, 5.74) is 1.01. The Morgan fingerprint density at radius 1 is 1.13 bits per heavy atom. The molecule has 0 saturated carbocycles. The number of H-pyrrole nitrogens is 1. The number of pyridine rings is 2. The van der Waals surface area contributed by atoms with Gasteiger partial charge in [0, 0.05) is 80.4 Å². The summed E-state index contributed by atoms with van der Waals surface area (Å²) in [6, 6.07) is 7.72. The molecule has 4 heterocycles. The maximum Gasteiger partial charge on any atom is 0.201 e. The Bertz CT molecular complexity index is 1500. The van der Waals surface area contributed by atoms with Crippen LogP contribution in [-0.2, 0) is 11.2 Å². The smallest absolute Gasteiger partial charge is 0.201 e. The lowest BCUT2D eigenvalue weighted by Crippen LogP contribution is -2.43. The molecule has 3 N–H and O–H groups in total. The predicted molar refractivity (Wildman–Crippen MR) is 144 cm³/mol. The molecule has 12 heteroatoms. The summed E-state index contributed by atoms with van der Waals surface area (Å²) < 4.78 is 46.3. The first-order valence-electron chi connectivity index (χ1n) is 12.2. The zero-order valence-corrected chi connectivity index (χ0v) is 21.7. The minimum atomic E-state index is -1.76. The quantitative estimate of drug-likeness (QED) is 0.296. The Morgan fingerprint density at radius 2 is 1.89 bits per heavy atom. The van der Waals surface area contributed by atoms with Crippen molar-refractivity contribution in [2.75, 3.05) is 49.4 Å². The third kappa shape index (κ3) is 5.02. The average molecular weight is 540 g/mol. The molecule has 5 rings (SSSR count). The van der Waals surface area contributed by atoms with Gasteiger partial charge in [0.2, 0.25) is 5.78 Å². The van der Waals surface area contributed by atoms with Crippen molar-refractivity contribution in [3.8, 4) is 11.1 Å². The van der Waals surface area contributed by atoms with E-state index in [1.54, 1.807) is 32.4 Å². The van der Waals surface area contributed by atoms with Crippen LogP contribution in [0.2, 0.25) is 0 Å². The topological polar surface area (TPSA) is 106 Å². The van der Waals surface area contributed by atoms with Crippen LogP contribution in [0.1, 0.15) is 22.8 Å². The normalized spacial score (nSPS) is 14.7. The van der Waals surface area contributed by atoms with Gasteiger partial charge in [0.15, 0.2) is 17.0 Å². The number of aromatic amines is 1. The van der Waals surface area contributed by atoms with Crippen molar-refractivity contribution in [1.82, 2.24) is 24.6 Å². The van der Waals surface area contributed by atoms with Crippen LogP contribution in [0.5, 0.6) is 0 Å². The molecule has 0 bridgehead atoms. The van der Waals surface area contributed by atoms with E-state index in [1.807, 2.05) is 12.1 Å². The second-order valence-corrected chi connectivity index (χ2v) is 10.2. The predicted octanol–water partition coefficient (Wildman–Crippen LogP) is 3.49. The van der Waals surface area contributed by atoms with Gasteiger partial charge in [-0.05, 0) is 30.3 Å². The first-order valence-corrected chi connectivity index (χ1v) is 13.3. The Morgan fingerprint density at radius 3 is 2.61 bits per heavy atom. The minimum Gasteiger partial charge on any atom is -0.354 e. The van der Waals surface area contributed by atoms with Gasteiger partial charge in [-0.25, -0.2) is 27.3 Å². The zero-order valence-electron chi connectivity index (χ0n) is 20.9. The number of carbonyl (C=O) groups excluding carboxylic acids is 1. The van der Waals surface area contributed by atoms with E-state index in [0.717, 1.165) is 49.7 Å². The maximum absolute atomic E-state index is 15.3. The molecule has 38 heavy (non-hydrogen) atoms. The molecule has 1 saturated heterocycles. The van der Waals surface area contributed by atoms with E-state index < -0.39 is 34.2 Å². The summed E-state index contributed by atoms with van der Waals surface area (Å²) >= 11 is -1.76. The highest BCUT2D eigenvalue weighted by molar-refractivity contribution is 7.84. The molecule has 0 amide bonds. The lowest BCUT2D eigenvalue weighted by molar-refractivity contribution is 0.103. The molecule has 0 aliphatic carbocycles. The number of fused-ring (bicyclic) bond motifs is 1. The van der Waals surface area contributed by atoms with Gasteiger partial charge in [0.25, 0.3) is 0 Å². The van der Waals surface area contributed by atoms with Crippen LogP contribution in [0.25, 0.3) is 22.2 Å². The summed E-state index contributed by atoms with van der Waals surface area (Å²) in [5, 5.41) is 3.73. The zero-order chi connectivity index (χ0) is 26.8. The van der Waals surface area contributed by atoms with Gasteiger partial charge in [-0.3, -0.25) is 9.52 Å². The van der Waals surface area contributed by atoms with Crippen LogP contribution in [-0.4, -0.2) is 69.0 Å². The van der Waals surface area contributed by atoms with Gasteiger partial charge in [-0.1, -0.05) is 6.92 Å². The molecule has 1 atom stereocenters. The van der Waals surface area contributed by atoms with Crippen molar-refractivity contribution in [3.05, 3.63) is 71.7 Å². The number of rotatable bonds is 8. The fourth-order valence-corrected chi connectivity index (χ4v) is 4.99. The van der Waals surface area contributed by atoms with Crippen molar-refractivity contribution < 1.29 is 17.8 Å². The fraction of sp³-hybridized carbons (Fsp3) is 0.269. The van der Waals surface area contributed by atoms with Crippen molar-refractivity contribution in [1.29, 1.82) is 0 Å². The second-order valence-electron chi connectivity index (χ2n) is 8.87. The van der Waals surface area contributed by atoms with E-state index in [-0.39, 0.29) is 11.3 Å². The van der Waals surface area contributed by atoms with Gasteiger partial charge >= 0.3 is 0 Å². The van der Waals surface area contributed by atoms with Crippen LogP contribution >= 0.6 is 0 Å². The van der Waals surface area contributed by atoms with E-state index in [0.29, 0.717) is 23.1 Å². The molecule has 1 aliphatic heterocycles. The number of hydrogen-bond donors (Lipinski definition) is 3. The number of ketones is 1. The average Bonchev–Trinajstić information content (AvgIpc) is 3.38. The fourth-order valence-electron chi connectivity index (χ4n) is 4.25. The summed E-state index contributed by atoms with van der Waals surface area (Å²) in [4.78, 5) is 27.5. The Kier molecular flexibility index (Phi) is 7.45. The van der Waals surface area contributed by atoms with E-state index in [1.165, 1.54) is 10.5 Å². The largest absolute Gasteiger partial charge is 0.354 e. The summed E-state index contributed by atoms with van der Waals surface area (Å²) in [6.07, 6.45) is 4.79. The third-order valence-corrected chi connectivity index (χ3v) is 7.76. The maximum atomic E-state index is 15.3. The Hall–Kier alpha value is -3.74. The summed E-state index contributed by atoms with van der Waals surface area (Å²) in [6.45, 7) is 5.79. The van der Waals surface area contributed by atoms with Crippen molar-refractivity contribution >= 4 is 39.5 Å². The number of nitrogens with zero attached hydrogens (tertiary/aromatic N) is 4. The Labute approximate surface area is 221 Å². The molecule has 9 nitrogen and oxygen atoms in total. The van der Waals surface area contributed by atoms with Gasteiger partial charge in [0.1, 0.15) is 17.3 Å². The molecule has 0 spiro atoms. The molecule has 1 fully saturated rings. The number of hydrogen-bond acceptors (Lipinski definition) is 6. The van der Waals surface area contributed by atoms with Crippen LogP contribution in [0.15, 0.2) is 48.9 Å². The molecular formula is C26H27F2N7O2S. The second kappa shape index (κ2) is 10.9. The lowest BCUT2D eigenvalue weighted by Gasteiger charge is -2.28. The SMILES string of the molecule is CCN(C)S(=O)Nc1ccc(F)c(C(=O)c2c[nH]c3ncc(-c4ccc(N5CCNCC5)nc4)cc23)c1F. The monoisotopic (exact) mass is 539 g/mol. The number of benzene rings is 1. The first kappa shape index (κ1) is 25.9. The van der Waals surface area contributed by atoms with E-state index in [9.17, 15) is 13.4 Å². The van der Waals surface area contributed by atoms with Crippen LogP contribution < -0.4 is 14.9 Å². The number of piperazine rings is 1. The molecule has 198 valence electrons. The van der Waals surface area contributed by atoms with Crippen LogP contribution in [0.3, 0.4) is 0 Å². The molecule has 3 aromatic heterocycles. The number of nitrogens with one attached hydrogen (secondary N) is 3. The highest BCUT2D eigenvalue weighted by Crippen LogP contribution is 2.30. The molecular weight excluding hydrogens is 512 g/mol. The highest BCUT2D eigenvalue weighted by atomic mass is 32.2. The van der Waals surface area contributed by atoms with Gasteiger partial charge < -0.3 is 15.2 Å². The lowest BCUT2D eigenvalue weighted by atomic mass is 10.00. The van der Waals surface area contributed by atoms with Gasteiger partial charge in [-0.2, -0.15) is 0 Å². The van der Waals surface area contributed by atoms with Crippen molar-refractivity contribution in [2.24, 2.45) is 0 Å². The number of aromatic nitrogens is 3. The van der Waals surface area contributed by atoms with Crippen molar-refractivity contribution in [2.45, 2.75) is 6.92 Å². The summed E-state index contributed by atoms with van der Waals surface area (Å²) in [7, 11) is 1.58. The number of halogens is 2. The van der Waals surface area contributed by atoms with Gasteiger partial charge in [-0.15, -0.1) is 0 Å². The highest BCUT2D eigenvalue weighted by Gasteiger charge is 2.25. The van der Waals surface area contributed by atoms with Crippen LogP contribution in [0.4, 0.5) is 20.3 Å². The van der Waals surface area contributed by atoms with Gasteiger partial charge in [0.05, 0.1) is 11.3 Å².